The maximum Gasteiger partial charge on any atom is 0.392 e. The fraction of sp³-hybridized carbons (Fsp3) is 0.333. The summed E-state index contributed by atoms with van der Waals surface area (Å²) >= 11 is 16.5. The second kappa shape index (κ2) is 15.3. The van der Waals surface area contributed by atoms with Crippen LogP contribution in [0.3, 0.4) is 0 Å². The van der Waals surface area contributed by atoms with Gasteiger partial charge in [-0.1, -0.05) is 0 Å². The SMILES string of the molecule is COc1cc(OC)nc(Cl)n1.COc1nc(Cl)nc(OC)c1N.COc1nc(Cl)nc(OC)c1[N+](=O)[O-]. The van der Waals surface area contributed by atoms with Crippen molar-refractivity contribution in [1.29, 1.82) is 0 Å². The van der Waals surface area contributed by atoms with Gasteiger partial charge in [0.15, 0.2) is 5.69 Å². The third kappa shape index (κ3) is 9.25. The molecule has 0 bridgehead atoms. The summed E-state index contributed by atoms with van der Waals surface area (Å²) in [6, 6.07) is 1.55. The van der Waals surface area contributed by atoms with Crippen molar-refractivity contribution in [2.45, 2.75) is 0 Å². The van der Waals surface area contributed by atoms with Gasteiger partial charge in [-0.25, -0.2) is 0 Å². The lowest BCUT2D eigenvalue weighted by Gasteiger charge is -2.06. The molecule has 19 heteroatoms. The first kappa shape index (κ1) is 31.1. The van der Waals surface area contributed by atoms with Gasteiger partial charge in [-0.05, 0) is 34.8 Å². The largest absolute Gasteiger partial charge is 0.481 e. The molecule has 0 aliphatic carbocycles. The van der Waals surface area contributed by atoms with Crippen LogP contribution in [-0.4, -0.2) is 77.5 Å². The highest BCUT2D eigenvalue weighted by molar-refractivity contribution is 6.28. The molecule has 3 rings (SSSR count). The van der Waals surface area contributed by atoms with Crippen LogP contribution in [-0.2, 0) is 0 Å². The minimum Gasteiger partial charge on any atom is -0.481 e. The summed E-state index contributed by atoms with van der Waals surface area (Å²) < 4.78 is 28.6. The van der Waals surface area contributed by atoms with Crippen molar-refractivity contribution in [3.05, 3.63) is 32.0 Å². The molecule has 2 N–H and O–H groups in total. The van der Waals surface area contributed by atoms with E-state index < -0.39 is 10.6 Å². The molecule has 0 unspecified atom stereocenters. The molecule has 0 atom stereocenters. The normalized spacial score (nSPS) is 9.54. The lowest BCUT2D eigenvalue weighted by atomic mass is 10.5. The van der Waals surface area contributed by atoms with Gasteiger partial charge in [-0.15, -0.1) is 0 Å². The van der Waals surface area contributed by atoms with E-state index in [4.69, 9.17) is 59.5 Å². The van der Waals surface area contributed by atoms with Crippen LogP contribution in [0.2, 0.25) is 15.9 Å². The molecule has 3 heterocycles. The summed E-state index contributed by atoms with van der Waals surface area (Å²) in [7, 11) is 8.36. The summed E-state index contributed by atoms with van der Waals surface area (Å²) in [5, 5.41) is 10.6. The number of methoxy groups -OCH3 is 6. The quantitative estimate of drug-likeness (QED) is 0.241. The molecule has 0 saturated heterocycles. The van der Waals surface area contributed by atoms with E-state index in [1.165, 1.54) is 42.7 Å². The van der Waals surface area contributed by atoms with E-state index in [9.17, 15) is 10.1 Å². The first-order valence-corrected chi connectivity index (χ1v) is 10.5. The number of hydrogen-bond acceptors (Lipinski definition) is 15. The molecule has 0 aliphatic heterocycles. The molecule has 0 aliphatic rings. The van der Waals surface area contributed by atoms with Crippen molar-refractivity contribution >= 4 is 46.2 Å². The average Bonchev–Trinajstić information content (AvgIpc) is 2.89. The lowest BCUT2D eigenvalue weighted by molar-refractivity contribution is -0.387. The van der Waals surface area contributed by atoms with Gasteiger partial charge in [-0.3, -0.25) is 10.1 Å². The summed E-state index contributed by atoms with van der Waals surface area (Å²) in [6.07, 6.45) is 0. The average molecular weight is 584 g/mol. The Morgan fingerprint density at radius 3 is 1.27 bits per heavy atom. The van der Waals surface area contributed by atoms with Gasteiger partial charge in [0.2, 0.25) is 39.4 Å². The number of aromatic nitrogens is 6. The maximum absolute atomic E-state index is 10.6. The van der Waals surface area contributed by atoms with Gasteiger partial charge < -0.3 is 34.2 Å². The van der Waals surface area contributed by atoms with E-state index in [0.29, 0.717) is 11.8 Å². The number of anilines is 1. The molecule has 3 aromatic rings. The standard InChI is InChI=1S/C6H6ClN3O4.C6H8ClN3O2.C6H7ClN2O2/c1-13-4-3(10(11)12)5(14-2)9-6(7)8-4;1-11-4-3(8)5(12-2)10-6(7)9-4;1-10-4-3-5(11-2)9-6(7)8-4/h1-2H3;8H2,1-2H3;3H,1-2H3. The molecule has 0 fully saturated rings. The maximum atomic E-state index is 10.6. The van der Waals surface area contributed by atoms with Crippen LogP contribution >= 0.6 is 34.8 Å². The Morgan fingerprint density at radius 2 is 0.973 bits per heavy atom. The first-order chi connectivity index (χ1) is 17.5. The van der Waals surface area contributed by atoms with Gasteiger partial charge in [0.1, 0.15) is 0 Å². The van der Waals surface area contributed by atoms with E-state index in [1.54, 1.807) is 6.07 Å². The van der Waals surface area contributed by atoms with Crippen molar-refractivity contribution in [3.63, 3.8) is 0 Å². The molecule has 0 saturated carbocycles. The Hall–Kier alpha value is -3.89. The number of nitrogens with zero attached hydrogens (tertiary/aromatic N) is 7. The Balaban J connectivity index is 0.000000280. The smallest absolute Gasteiger partial charge is 0.392 e. The van der Waals surface area contributed by atoms with Crippen LogP contribution in [0, 0.1) is 10.1 Å². The minimum absolute atomic E-state index is 0.0397. The molecular weight excluding hydrogens is 563 g/mol. The van der Waals surface area contributed by atoms with E-state index in [-0.39, 0.29) is 45.1 Å². The zero-order valence-electron chi connectivity index (χ0n) is 20.2. The predicted octanol–water partition coefficient (Wildman–Crippen LogP) is 2.93. The molecule has 37 heavy (non-hydrogen) atoms. The van der Waals surface area contributed by atoms with E-state index >= 15 is 0 Å². The van der Waals surface area contributed by atoms with E-state index in [0.717, 1.165) is 0 Å². The van der Waals surface area contributed by atoms with Gasteiger partial charge in [-0.2, -0.15) is 29.9 Å². The number of nitro groups is 1. The van der Waals surface area contributed by atoms with E-state index in [1.807, 2.05) is 0 Å². The molecule has 0 radical (unpaired) electrons. The lowest BCUT2D eigenvalue weighted by Crippen LogP contribution is -2.02. The highest BCUT2D eigenvalue weighted by atomic mass is 35.5. The molecular formula is C18H21Cl3N8O8. The van der Waals surface area contributed by atoms with Crippen LogP contribution in [0.15, 0.2) is 6.07 Å². The summed E-state index contributed by atoms with van der Waals surface area (Å²) in [4.78, 5) is 31.9. The molecule has 3 aromatic heterocycles. The molecule has 0 aromatic carbocycles. The number of hydrogen-bond donors (Lipinski definition) is 1. The van der Waals surface area contributed by atoms with E-state index in [2.05, 4.69) is 39.4 Å². The highest BCUT2D eigenvalue weighted by Crippen LogP contribution is 2.34. The van der Waals surface area contributed by atoms with Crippen LogP contribution < -0.4 is 34.2 Å². The van der Waals surface area contributed by atoms with Gasteiger partial charge in [0.05, 0.1) is 53.6 Å². The van der Waals surface area contributed by atoms with Crippen molar-refractivity contribution in [1.82, 2.24) is 29.9 Å². The van der Waals surface area contributed by atoms with Crippen molar-refractivity contribution < 1.29 is 33.3 Å². The number of nitrogen functional groups attached to an aromatic ring is 1. The summed E-state index contributed by atoms with van der Waals surface area (Å²) in [6.45, 7) is 0. The number of halogens is 3. The Bertz CT molecular complexity index is 1140. The first-order valence-electron chi connectivity index (χ1n) is 9.38. The monoisotopic (exact) mass is 582 g/mol. The molecule has 202 valence electrons. The molecule has 16 nitrogen and oxygen atoms in total. The molecule has 0 amide bonds. The van der Waals surface area contributed by atoms with Gasteiger partial charge in [0.25, 0.3) is 0 Å². The van der Waals surface area contributed by atoms with Crippen LogP contribution in [0.5, 0.6) is 35.3 Å². The Kier molecular flexibility index (Phi) is 12.9. The van der Waals surface area contributed by atoms with Crippen molar-refractivity contribution in [2.75, 3.05) is 48.4 Å². The van der Waals surface area contributed by atoms with Crippen LogP contribution in [0.4, 0.5) is 11.4 Å². The van der Waals surface area contributed by atoms with Gasteiger partial charge >= 0.3 is 17.4 Å². The Labute approximate surface area is 225 Å². The minimum atomic E-state index is -0.700. The Morgan fingerprint density at radius 1 is 0.649 bits per heavy atom. The fourth-order valence-electron chi connectivity index (χ4n) is 2.13. The van der Waals surface area contributed by atoms with Crippen LogP contribution in [0.1, 0.15) is 0 Å². The third-order valence-electron chi connectivity index (χ3n) is 3.67. The van der Waals surface area contributed by atoms with Crippen molar-refractivity contribution in [2.24, 2.45) is 0 Å². The second-order valence-electron chi connectivity index (χ2n) is 5.76. The topological polar surface area (TPSA) is 202 Å². The zero-order valence-corrected chi connectivity index (χ0v) is 22.5. The summed E-state index contributed by atoms with van der Waals surface area (Å²) in [5.74, 6) is 0.751. The fourth-order valence-corrected chi connectivity index (χ4v) is 2.61. The third-order valence-corrected chi connectivity index (χ3v) is 4.17. The number of ether oxygens (including phenoxy) is 6. The highest BCUT2D eigenvalue weighted by Gasteiger charge is 2.26. The number of nitrogens with two attached hydrogens (primary N) is 1. The van der Waals surface area contributed by atoms with Gasteiger partial charge in [0, 0.05) is 0 Å². The number of rotatable bonds is 7. The summed E-state index contributed by atoms with van der Waals surface area (Å²) in [5.41, 5.74) is 5.33. The zero-order chi connectivity index (χ0) is 28.1. The predicted molar refractivity (Wildman–Crippen MR) is 132 cm³/mol. The van der Waals surface area contributed by atoms with Crippen molar-refractivity contribution in [3.8, 4) is 35.3 Å². The van der Waals surface area contributed by atoms with Crippen LogP contribution in [0.25, 0.3) is 0 Å². The second-order valence-corrected chi connectivity index (χ2v) is 6.78. The molecule has 0 spiro atoms.